The summed E-state index contributed by atoms with van der Waals surface area (Å²) in [4.78, 5) is 37.8. The van der Waals surface area contributed by atoms with Crippen molar-refractivity contribution in [1.82, 2.24) is 9.47 Å². The van der Waals surface area contributed by atoms with Gasteiger partial charge in [0.1, 0.15) is 24.0 Å². The number of benzene rings is 1. The van der Waals surface area contributed by atoms with Crippen molar-refractivity contribution < 1.29 is 24.2 Å². The number of aliphatic hydroxyl groups is 1. The van der Waals surface area contributed by atoms with Crippen LogP contribution in [0.2, 0.25) is 0 Å². The molecule has 1 N–H and O–H groups in total. The van der Waals surface area contributed by atoms with E-state index in [4.69, 9.17) is 9.47 Å². The van der Waals surface area contributed by atoms with Gasteiger partial charge in [-0.25, -0.2) is 4.79 Å². The molecule has 0 unspecified atom stereocenters. The number of esters is 1. The normalized spacial score (nSPS) is 25.0. The maximum absolute atomic E-state index is 12.7. The highest BCUT2D eigenvalue weighted by Gasteiger charge is 2.44. The molecule has 1 amide bonds. The van der Waals surface area contributed by atoms with Crippen molar-refractivity contribution in [2.45, 2.75) is 31.6 Å². The van der Waals surface area contributed by atoms with E-state index in [9.17, 15) is 19.5 Å². The average Bonchev–Trinajstić information content (AvgIpc) is 3.18. The number of fused-ring (bicyclic) bond motifs is 1. The van der Waals surface area contributed by atoms with Crippen LogP contribution in [0.25, 0.3) is 0 Å². The summed E-state index contributed by atoms with van der Waals surface area (Å²) in [6.07, 6.45) is 3.22. The minimum absolute atomic E-state index is 0.0129. The van der Waals surface area contributed by atoms with Crippen LogP contribution in [0.3, 0.4) is 0 Å². The zero-order valence-corrected chi connectivity index (χ0v) is 17.3. The van der Waals surface area contributed by atoms with Crippen LogP contribution in [-0.4, -0.2) is 58.9 Å². The number of pyridine rings is 1. The number of rotatable bonds is 5. The summed E-state index contributed by atoms with van der Waals surface area (Å²) in [5.74, 6) is 0.321. The van der Waals surface area contributed by atoms with Gasteiger partial charge >= 0.3 is 5.97 Å². The molecular formula is C23H26N2O6. The van der Waals surface area contributed by atoms with Crippen molar-refractivity contribution in [1.29, 1.82) is 0 Å². The van der Waals surface area contributed by atoms with Crippen LogP contribution in [0.15, 0.2) is 53.6 Å². The molecule has 1 saturated heterocycles. The molecule has 4 rings (SSSR count). The van der Waals surface area contributed by atoms with Gasteiger partial charge in [-0.15, -0.1) is 0 Å². The molecule has 2 aliphatic rings. The fourth-order valence-electron chi connectivity index (χ4n) is 4.54. The van der Waals surface area contributed by atoms with E-state index in [1.165, 1.54) is 19.2 Å². The van der Waals surface area contributed by atoms with Crippen molar-refractivity contribution >= 4 is 11.9 Å². The summed E-state index contributed by atoms with van der Waals surface area (Å²) < 4.78 is 12.5. The van der Waals surface area contributed by atoms with Crippen molar-refractivity contribution in [2.75, 3.05) is 20.2 Å². The Kier molecular flexibility index (Phi) is 6.08. The Hall–Kier alpha value is -3.13. The van der Waals surface area contributed by atoms with Crippen LogP contribution in [0.4, 0.5) is 0 Å². The van der Waals surface area contributed by atoms with Gasteiger partial charge in [0.15, 0.2) is 5.43 Å². The molecule has 0 spiro atoms. The summed E-state index contributed by atoms with van der Waals surface area (Å²) in [6.45, 7) is 1.38. The number of para-hydroxylation sites is 1. The lowest BCUT2D eigenvalue weighted by molar-refractivity contribution is -0.131. The highest BCUT2D eigenvalue weighted by Crippen LogP contribution is 2.38. The first-order chi connectivity index (χ1) is 14.9. The van der Waals surface area contributed by atoms with Crippen molar-refractivity contribution in [3.63, 3.8) is 0 Å². The predicted octanol–water partition coefficient (Wildman–Crippen LogP) is 1.31. The molecule has 8 heteroatoms. The molecule has 1 aliphatic carbocycles. The molecule has 31 heavy (non-hydrogen) atoms. The van der Waals surface area contributed by atoms with E-state index in [0.717, 1.165) is 0 Å². The Morgan fingerprint density at radius 1 is 1.06 bits per heavy atom. The number of nitrogens with zero attached hydrogens (tertiary/aromatic N) is 2. The summed E-state index contributed by atoms with van der Waals surface area (Å²) in [7, 11) is 1.32. The summed E-state index contributed by atoms with van der Waals surface area (Å²) >= 11 is 0. The van der Waals surface area contributed by atoms with Gasteiger partial charge in [-0.1, -0.05) is 12.1 Å². The van der Waals surface area contributed by atoms with Gasteiger partial charge in [0.25, 0.3) is 0 Å². The molecule has 2 fully saturated rings. The molecule has 0 radical (unpaired) electrons. The SMILES string of the molecule is COC(=O)c1ccccc1O[C@@H]1C[C@@H]2CN(C(=O)Cn3ccc(=O)cc3)C[C@@H]2C[C@H]1O. The maximum atomic E-state index is 12.7. The topological polar surface area (TPSA) is 98.1 Å². The summed E-state index contributed by atoms with van der Waals surface area (Å²) in [6, 6.07) is 9.69. The van der Waals surface area contributed by atoms with E-state index in [2.05, 4.69) is 0 Å². The first-order valence-electron chi connectivity index (χ1n) is 10.4. The van der Waals surface area contributed by atoms with E-state index in [-0.39, 0.29) is 29.7 Å². The average molecular weight is 426 g/mol. The van der Waals surface area contributed by atoms with Crippen LogP contribution in [-0.2, 0) is 16.1 Å². The molecule has 2 aromatic rings. The molecule has 1 saturated carbocycles. The lowest BCUT2D eigenvalue weighted by Crippen LogP contribution is -2.42. The minimum Gasteiger partial charge on any atom is -0.487 e. The van der Waals surface area contributed by atoms with Crippen LogP contribution >= 0.6 is 0 Å². The van der Waals surface area contributed by atoms with E-state index >= 15 is 0 Å². The number of aromatic nitrogens is 1. The molecular weight excluding hydrogens is 400 g/mol. The third kappa shape index (κ3) is 4.64. The fourth-order valence-corrected chi connectivity index (χ4v) is 4.54. The van der Waals surface area contributed by atoms with Gasteiger partial charge in [-0.2, -0.15) is 0 Å². The molecule has 1 aliphatic heterocycles. The monoisotopic (exact) mass is 426 g/mol. The van der Waals surface area contributed by atoms with Crippen LogP contribution in [0, 0.1) is 11.8 Å². The van der Waals surface area contributed by atoms with Gasteiger partial charge in [0.05, 0.1) is 13.2 Å². The van der Waals surface area contributed by atoms with Gasteiger partial charge in [0, 0.05) is 37.6 Å². The first-order valence-corrected chi connectivity index (χ1v) is 10.4. The van der Waals surface area contributed by atoms with Crippen molar-refractivity contribution in [3.05, 3.63) is 64.6 Å². The van der Waals surface area contributed by atoms with E-state index in [1.54, 1.807) is 41.2 Å². The molecule has 1 aromatic heterocycles. The second-order valence-electron chi connectivity index (χ2n) is 8.21. The molecule has 4 atom stereocenters. The Bertz CT molecular complexity index is 999. The highest BCUT2D eigenvalue weighted by atomic mass is 16.5. The zero-order chi connectivity index (χ0) is 22.0. The highest BCUT2D eigenvalue weighted by molar-refractivity contribution is 5.92. The molecule has 1 aromatic carbocycles. The Morgan fingerprint density at radius 2 is 1.74 bits per heavy atom. The van der Waals surface area contributed by atoms with Gasteiger partial charge < -0.3 is 24.0 Å². The summed E-state index contributed by atoms with van der Waals surface area (Å²) in [5, 5.41) is 10.7. The number of hydrogen-bond donors (Lipinski definition) is 1. The van der Waals surface area contributed by atoms with Gasteiger partial charge in [-0.05, 0) is 36.8 Å². The largest absolute Gasteiger partial charge is 0.487 e. The fraction of sp³-hybridized carbons (Fsp3) is 0.435. The van der Waals surface area contributed by atoms with E-state index in [0.29, 0.717) is 37.2 Å². The number of methoxy groups -OCH3 is 1. The third-order valence-electron chi connectivity index (χ3n) is 6.19. The van der Waals surface area contributed by atoms with Crippen molar-refractivity contribution in [2.24, 2.45) is 11.8 Å². The zero-order valence-electron chi connectivity index (χ0n) is 17.3. The van der Waals surface area contributed by atoms with Crippen LogP contribution in [0.1, 0.15) is 23.2 Å². The van der Waals surface area contributed by atoms with Crippen LogP contribution < -0.4 is 10.2 Å². The number of ether oxygens (including phenoxy) is 2. The molecule has 8 nitrogen and oxygen atoms in total. The van der Waals surface area contributed by atoms with Gasteiger partial charge in [0.2, 0.25) is 5.91 Å². The standard InChI is InChI=1S/C23H26N2O6/c1-30-23(29)18-4-2-3-5-20(18)31-21-11-16-13-25(12-15(16)10-19(21)27)22(28)14-24-8-6-17(26)7-9-24/h2-9,15-16,19,21,27H,10-14H2,1H3/t15-,16+,19+,21+/m0/s1. The lowest BCUT2D eigenvalue weighted by Gasteiger charge is -2.35. The maximum Gasteiger partial charge on any atom is 0.341 e. The number of carbonyl (C=O) groups excluding carboxylic acids is 2. The van der Waals surface area contributed by atoms with E-state index < -0.39 is 18.2 Å². The number of likely N-dealkylation sites (tertiary alicyclic amines) is 1. The number of hydrogen-bond acceptors (Lipinski definition) is 6. The molecule has 0 bridgehead atoms. The predicted molar refractivity (Wildman–Crippen MR) is 112 cm³/mol. The number of amides is 1. The van der Waals surface area contributed by atoms with Gasteiger partial charge in [-0.3, -0.25) is 9.59 Å². The van der Waals surface area contributed by atoms with Crippen molar-refractivity contribution in [3.8, 4) is 5.75 Å². The summed E-state index contributed by atoms with van der Waals surface area (Å²) in [5.41, 5.74) is 0.230. The second-order valence-corrected chi connectivity index (χ2v) is 8.21. The van der Waals surface area contributed by atoms with E-state index in [1.807, 2.05) is 4.90 Å². The van der Waals surface area contributed by atoms with Crippen LogP contribution in [0.5, 0.6) is 5.75 Å². The smallest absolute Gasteiger partial charge is 0.341 e. The minimum atomic E-state index is -0.680. The quantitative estimate of drug-likeness (QED) is 0.724. The Labute approximate surface area is 180 Å². The molecule has 2 heterocycles. The lowest BCUT2D eigenvalue weighted by atomic mass is 9.78. The number of carbonyl (C=O) groups is 2. The Morgan fingerprint density at radius 3 is 2.45 bits per heavy atom. The third-order valence-corrected chi connectivity index (χ3v) is 6.19. The Balaban J connectivity index is 1.40. The molecule has 164 valence electrons. The number of aliphatic hydroxyl groups excluding tert-OH is 1. The second kappa shape index (κ2) is 8.93. The first kappa shape index (κ1) is 21.1.